The molecule has 2 heterocycles. The number of aromatic nitrogens is 2. The van der Waals surface area contributed by atoms with Gasteiger partial charge in [0.2, 0.25) is 0 Å². The van der Waals surface area contributed by atoms with Crippen LogP contribution in [0.15, 0.2) is 29.3 Å². The van der Waals surface area contributed by atoms with Crippen LogP contribution in [-0.2, 0) is 0 Å². The minimum Gasteiger partial charge on any atom is -0.394 e. The molecule has 0 atom stereocenters. The van der Waals surface area contributed by atoms with Crippen molar-refractivity contribution in [1.29, 1.82) is 0 Å². The van der Waals surface area contributed by atoms with E-state index in [-0.39, 0.29) is 12.2 Å². The second-order valence-electron chi connectivity index (χ2n) is 4.60. The third-order valence-corrected chi connectivity index (χ3v) is 2.54. The number of anilines is 1. The molecule has 0 fully saturated rings. The first kappa shape index (κ1) is 11.6. The van der Waals surface area contributed by atoms with E-state index in [4.69, 9.17) is 0 Å². The van der Waals surface area contributed by atoms with Crippen LogP contribution in [0.1, 0.15) is 13.8 Å². The van der Waals surface area contributed by atoms with Gasteiger partial charge in [-0.2, -0.15) is 0 Å². The van der Waals surface area contributed by atoms with Crippen LogP contribution in [0, 0.1) is 0 Å². The molecule has 0 radical (unpaired) electrons. The van der Waals surface area contributed by atoms with Crippen molar-refractivity contribution >= 4 is 16.6 Å². The van der Waals surface area contributed by atoms with Gasteiger partial charge in [-0.3, -0.25) is 4.79 Å². The highest BCUT2D eigenvalue weighted by molar-refractivity contribution is 5.90. The Labute approximate surface area is 98.5 Å². The van der Waals surface area contributed by atoms with Crippen LogP contribution in [-0.4, -0.2) is 27.2 Å². The Hall–Kier alpha value is -1.88. The molecule has 0 aliphatic rings. The Morgan fingerprint density at radius 2 is 2.24 bits per heavy atom. The molecule has 90 valence electrons. The first-order valence-corrected chi connectivity index (χ1v) is 5.39. The third kappa shape index (κ3) is 2.29. The minimum atomic E-state index is -0.524. The van der Waals surface area contributed by atoms with E-state index in [1.807, 2.05) is 19.9 Å². The van der Waals surface area contributed by atoms with Gasteiger partial charge in [-0.15, -0.1) is 0 Å². The fourth-order valence-electron chi connectivity index (χ4n) is 1.59. The lowest BCUT2D eigenvalue weighted by atomic mass is 10.1. The number of rotatable bonds is 3. The van der Waals surface area contributed by atoms with Gasteiger partial charge in [0, 0.05) is 12.4 Å². The molecule has 0 aromatic carbocycles. The molecule has 0 aliphatic carbocycles. The molecule has 5 heteroatoms. The second-order valence-corrected chi connectivity index (χ2v) is 4.60. The smallest absolute Gasteiger partial charge is 0.259 e. The molecule has 2 aromatic heterocycles. The summed E-state index contributed by atoms with van der Waals surface area (Å²) in [6, 6.07) is 3.59. The van der Waals surface area contributed by atoms with E-state index in [9.17, 15) is 9.90 Å². The van der Waals surface area contributed by atoms with Crippen LogP contribution < -0.4 is 10.9 Å². The van der Waals surface area contributed by atoms with Crippen LogP contribution in [0.2, 0.25) is 0 Å². The number of aromatic amines is 1. The number of pyridine rings is 2. The zero-order chi connectivity index (χ0) is 12.5. The summed E-state index contributed by atoms with van der Waals surface area (Å²) in [5.41, 5.74) is -0.712. The monoisotopic (exact) mass is 233 g/mol. The minimum absolute atomic E-state index is 0.0458. The lowest BCUT2D eigenvalue weighted by Gasteiger charge is -2.24. The number of H-pyrrole nitrogens is 1. The second kappa shape index (κ2) is 4.18. The van der Waals surface area contributed by atoms with Crippen LogP contribution in [0.5, 0.6) is 0 Å². The van der Waals surface area contributed by atoms with Crippen molar-refractivity contribution in [3.63, 3.8) is 0 Å². The average Bonchev–Trinajstić information content (AvgIpc) is 2.29. The molecule has 0 unspecified atom stereocenters. The van der Waals surface area contributed by atoms with E-state index in [0.717, 1.165) is 5.39 Å². The quantitative estimate of drug-likeness (QED) is 0.742. The molecule has 0 bridgehead atoms. The fourth-order valence-corrected chi connectivity index (χ4v) is 1.59. The van der Waals surface area contributed by atoms with Crippen LogP contribution in [0.25, 0.3) is 10.8 Å². The molecular formula is C12H15N3O2. The SMILES string of the molecule is CC(C)(CO)Nc1nccc2cc[nH]c(=O)c12. The van der Waals surface area contributed by atoms with Crippen molar-refractivity contribution in [2.75, 3.05) is 11.9 Å². The van der Waals surface area contributed by atoms with Crippen molar-refractivity contribution in [3.05, 3.63) is 34.9 Å². The molecule has 0 amide bonds. The molecule has 0 spiro atoms. The predicted octanol–water partition coefficient (Wildman–Crippen LogP) is 1.11. The highest BCUT2D eigenvalue weighted by Crippen LogP contribution is 2.19. The van der Waals surface area contributed by atoms with Gasteiger partial charge >= 0.3 is 0 Å². The molecule has 0 aliphatic heterocycles. The van der Waals surface area contributed by atoms with Crippen molar-refractivity contribution in [3.8, 4) is 0 Å². The number of nitrogens with one attached hydrogen (secondary N) is 2. The number of nitrogens with zero attached hydrogens (tertiary/aromatic N) is 1. The van der Waals surface area contributed by atoms with Gasteiger partial charge in [0.05, 0.1) is 17.5 Å². The topological polar surface area (TPSA) is 78.0 Å². The Kier molecular flexibility index (Phi) is 2.85. The first-order valence-electron chi connectivity index (χ1n) is 5.39. The Morgan fingerprint density at radius 3 is 2.94 bits per heavy atom. The van der Waals surface area contributed by atoms with E-state index in [2.05, 4.69) is 15.3 Å². The van der Waals surface area contributed by atoms with E-state index >= 15 is 0 Å². The van der Waals surface area contributed by atoms with Crippen LogP contribution in [0.4, 0.5) is 5.82 Å². The van der Waals surface area contributed by atoms with Gasteiger partial charge in [0.25, 0.3) is 5.56 Å². The zero-order valence-electron chi connectivity index (χ0n) is 9.82. The summed E-state index contributed by atoms with van der Waals surface area (Å²) in [6.45, 7) is 3.63. The van der Waals surface area contributed by atoms with Gasteiger partial charge < -0.3 is 15.4 Å². The van der Waals surface area contributed by atoms with E-state index in [1.165, 1.54) is 0 Å². The number of hydrogen-bond donors (Lipinski definition) is 3. The highest BCUT2D eigenvalue weighted by Gasteiger charge is 2.18. The van der Waals surface area contributed by atoms with Gasteiger partial charge in [-0.05, 0) is 31.4 Å². The Bertz CT molecular complexity index is 584. The maximum atomic E-state index is 11.8. The lowest BCUT2D eigenvalue weighted by Crippen LogP contribution is -2.35. The third-order valence-electron chi connectivity index (χ3n) is 2.54. The van der Waals surface area contributed by atoms with E-state index in [0.29, 0.717) is 11.2 Å². The number of fused-ring (bicyclic) bond motifs is 1. The summed E-state index contributed by atoms with van der Waals surface area (Å²) >= 11 is 0. The standard InChI is InChI=1S/C12H15N3O2/c1-12(2,7-16)15-10-9-8(3-5-13-10)4-6-14-11(9)17/h3-6,16H,7H2,1-2H3,(H,13,15)(H,14,17). The van der Waals surface area contributed by atoms with Crippen molar-refractivity contribution in [1.82, 2.24) is 9.97 Å². The summed E-state index contributed by atoms with van der Waals surface area (Å²) in [5.74, 6) is 0.489. The van der Waals surface area contributed by atoms with Gasteiger partial charge in [-0.25, -0.2) is 4.98 Å². The lowest BCUT2D eigenvalue weighted by molar-refractivity contribution is 0.234. The first-order chi connectivity index (χ1) is 8.03. The molecule has 3 N–H and O–H groups in total. The van der Waals surface area contributed by atoms with Crippen LogP contribution >= 0.6 is 0 Å². The summed E-state index contributed by atoms with van der Waals surface area (Å²) < 4.78 is 0. The van der Waals surface area contributed by atoms with E-state index in [1.54, 1.807) is 18.5 Å². The average molecular weight is 233 g/mol. The maximum Gasteiger partial charge on any atom is 0.259 e. The normalized spacial score (nSPS) is 11.7. The molecule has 17 heavy (non-hydrogen) atoms. The van der Waals surface area contributed by atoms with Crippen LogP contribution in [0.3, 0.4) is 0 Å². The summed E-state index contributed by atoms with van der Waals surface area (Å²) in [5, 5.41) is 13.6. The maximum absolute atomic E-state index is 11.8. The molecule has 0 saturated heterocycles. The van der Waals surface area contributed by atoms with Crippen molar-refractivity contribution < 1.29 is 5.11 Å². The largest absolute Gasteiger partial charge is 0.394 e. The number of hydrogen-bond acceptors (Lipinski definition) is 4. The summed E-state index contributed by atoms with van der Waals surface area (Å²) in [4.78, 5) is 18.6. The van der Waals surface area contributed by atoms with Gasteiger partial charge in [-0.1, -0.05) is 0 Å². The number of aliphatic hydroxyl groups is 1. The predicted molar refractivity (Wildman–Crippen MR) is 67.2 cm³/mol. The molecule has 5 nitrogen and oxygen atoms in total. The zero-order valence-corrected chi connectivity index (χ0v) is 9.82. The molecule has 0 saturated carbocycles. The summed E-state index contributed by atoms with van der Waals surface area (Å²) in [6.07, 6.45) is 3.24. The highest BCUT2D eigenvalue weighted by atomic mass is 16.3. The molecule has 2 aromatic rings. The van der Waals surface area contributed by atoms with Crippen molar-refractivity contribution in [2.45, 2.75) is 19.4 Å². The van der Waals surface area contributed by atoms with Gasteiger partial charge in [0.1, 0.15) is 5.82 Å². The Morgan fingerprint density at radius 1 is 1.47 bits per heavy atom. The Balaban J connectivity index is 2.59. The molecular weight excluding hydrogens is 218 g/mol. The summed E-state index contributed by atoms with van der Waals surface area (Å²) in [7, 11) is 0. The number of aliphatic hydroxyl groups excluding tert-OH is 1. The van der Waals surface area contributed by atoms with Gasteiger partial charge in [0.15, 0.2) is 0 Å². The fraction of sp³-hybridized carbons (Fsp3) is 0.333. The molecule has 2 rings (SSSR count). The van der Waals surface area contributed by atoms with Crippen molar-refractivity contribution in [2.24, 2.45) is 0 Å². The van der Waals surface area contributed by atoms with E-state index < -0.39 is 5.54 Å².